The van der Waals surface area contributed by atoms with Crippen molar-refractivity contribution in [1.82, 2.24) is 10.2 Å². The minimum absolute atomic E-state index is 0.344. The zero-order chi connectivity index (χ0) is 20.1. The molecule has 3 rings (SSSR count). The van der Waals surface area contributed by atoms with Crippen molar-refractivity contribution in [3.8, 4) is 5.75 Å². The van der Waals surface area contributed by atoms with Crippen LogP contribution in [-0.4, -0.2) is 67.4 Å². The molecule has 9 nitrogen and oxygen atoms in total. The molecule has 2 aromatic rings. The zero-order valence-corrected chi connectivity index (χ0v) is 15.5. The Morgan fingerprint density at radius 1 is 1.29 bits per heavy atom. The molecule has 0 spiro atoms. The lowest BCUT2D eigenvalue weighted by atomic mass is 10.1. The summed E-state index contributed by atoms with van der Waals surface area (Å²) in [7, 11) is 0. The number of carbonyl (C=O) groups is 2. The average molecular weight is 390 g/mol. The lowest BCUT2D eigenvalue weighted by Crippen LogP contribution is -2.54. The summed E-state index contributed by atoms with van der Waals surface area (Å²) in [6, 6.07) is 5.28. The van der Waals surface area contributed by atoms with E-state index in [-0.39, 0.29) is 12.5 Å². The van der Waals surface area contributed by atoms with Gasteiger partial charge in [0.1, 0.15) is 17.4 Å². The van der Waals surface area contributed by atoms with Crippen LogP contribution >= 0.6 is 0 Å². The molecule has 1 aromatic carbocycles. The van der Waals surface area contributed by atoms with Gasteiger partial charge in [-0.2, -0.15) is 0 Å². The van der Waals surface area contributed by atoms with Gasteiger partial charge in [-0.1, -0.05) is 0 Å². The molecular formula is C19H22N2O7. The van der Waals surface area contributed by atoms with Gasteiger partial charge >= 0.3 is 5.63 Å². The number of nitrogens with zero attached hydrogens (tertiary/aromatic N) is 1. The number of amides is 2. The topological polar surface area (TPSA) is 118 Å². The molecule has 1 atom stereocenters. The second-order valence-electron chi connectivity index (χ2n) is 6.44. The molecule has 1 saturated heterocycles. The summed E-state index contributed by atoms with van der Waals surface area (Å²) >= 11 is 0. The maximum absolute atomic E-state index is 12.4. The van der Waals surface area contributed by atoms with Gasteiger partial charge in [-0.15, -0.1) is 0 Å². The number of benzene rings is 1. The van der Waals surface area contributed by atoms with Crippen LogP contribution in [-0.2, 0) is 14.3 Å². The zero-order valence-electron chi connectivity index (χ0n) is 15.5. The summed E-state index contributed by atoms with van der Waals surface area (Å²) in [6.07, 6.45) is 0. The van der Waals surface area contributed by atoms with Crippen LogP contribution in [0.5, 0.6) is 5.75 Å². The predicted octanol–water partition coefficient (Wildman–Crippen LogP) is -0.184. The van der Waals surface area contributed by atoms with E-state index in [9.17, 15) is 19.5 Å². The molecule has 1 aromatic heterocycles. The van der Waals surface area contributed by atoms with Crippen LogP contribution in [0.2, 0.25) is 0 Å². The van der Waals surface area contributed by atoms with E-state index in [4.69, 9.17) is 13.9 Å². The van der Waals surface area contributed by atoms with Crippen molar-refractivity contribution in [2.24, 2.45) is 0 Å². The Morgan fingerprint density at radius 2 is 2.04 bits per heavy atom. The highest BCUT2D eigenvalue weighted by molar-refractivity contribution is 5.88. The standard InChI is InChI=1S/C19H22N2O7/c1-12-8-18(24)28-16-9-13(2-3-14(12)16)27-11-17(23)20-15(10-22)19(25)21-4-6-26-7-5-21/h2-3,8-9,15,22H,4-7,10-11H2,1H3,(H,20,23)/t15-/m0/s1. The number of hydrogen-bond donors (Lipinski definition) is 2. The van der Waals surface area contributed by atoms with Crippen LogP contribution in [0.1, 0.15) is 5.56 Å². The van der Waals surface area contributed by atoms with Gasteiger partial charge in [0.2, 0.25) is 5.91 Å². The minimum atomic E-state index is -1.04. The fraction of sp³-hybridized carbons (Fsp3) is 0.421. The number of fused-ring (bicyclic) bond motifs is 1. The molecule has 1 aliphatic heterocycles. The molecule has 2 heterocycles. The molecule has 0 unspecified atom stereocenters. The summed E-state index contributed by atoms with van der Waals surface area (Å²) in [5, 5.41) is 12.7. The number of aliphatic hydroxyl groups excluding tert-OH is 1. The molecular weight excluding hydrogens is 368 g/mol. The number of rotatable bonds is 6. The fourth-order valence-corrected chi connectivity index (χ4v) is 2.97. The third-order valence-electron chi connectivity index (χ3n) is 4.43. The number of hydrogen-bond acceptors (Lipinski definition) is 7. The largest absolute Gasteiger partial charge is 0.484 e. The molecule has 2 amide bonds. The van der Waals surface area contributed by atoms with E-state index >= 15 is 0 Å². The second-order valence-corrected chi connectivity index (χ2v) is 6.44. The fourth-order valence-electron chi connectivity index (χ4n) is 2.97. The van der Waals surface area contributed by atoms with Gasteiger partial charge in [0.05, 0.1) is 19.8 Å². The minimum Gasteiger partial charge on any atom is -0.484 e. The summed E-state index contributed by atoms with van der Waals surface area (Å²) < 4.78 is 15.8. The maximum Gasteiger partial charge on any atom is 0.336 e. The van der Waals surface area contributed by atoms with Crippen molar-refractivity contribution in [3.05, 3.63) is 40.2 Å². The highest BCUT2D eigenvalue weighted by atomic mass is 16.5. The molecule has 1 aliphatic rings. The first-order valence-electron chi connectivity index (χ1n) is 8.92. The van der Waals surface area contributed by atoms with Crippen molar-refractivity contribution < 1.29 is 28.6 Å². The van der Waals surface area contributed by atoms with Crippen LogP contribution in [0.4, 0.5) is 0 Å². The summed E-state index contributed by atoms with van der Waals surface area (Å²) in [4.78, 5) is 37.5. The number of nitrogens with one attached hydrogen (secondary N) is 1. The molecule has 150 valence electrons. The quantitative estimate of drug-likeness (QED) is 0.657. The van der Waals surface area contributed by atoms with Crippen molar-refractivity contribution in [3.63, 3.8) is 0 Å². The van der Waals surface area contributed by atoms with Crippen LogP contribution in [0.3, 0.4) is 0 Å². The van der Waals surface area contributed by atoms with Crippen molar-refractivity contribution >= 4 is 22.8 Å². The van der Waals surface area contributed by atoms with E-state index in [2.05, 4.69) is 5.32 Å². The SMILES string of the molecule is Cc1cc(=O)oc2cc(OCC(=O)N[C@@H](CO)C(=O)N3CCOCC3)ccc12. The smallest absolute Gasteiger partial charge is 0.336 e. The third kappa shape index (κ3) is 4.68. The van der Waals surface area contributed by atoms with Gasteiger partial charge < -0.3 is 29.2 Å². The molecule has 0 bridgehead atoms. The van der Waals surface area contributed by atoms with Gasteiger partial charge in [0.25, 0.3) is 5.91 Å². The molecule has 1 fully saturated rings. The third-order valence-corrected chi connectivity index (χ3v) is 4.43. The van der Waals surface area contributed by atoms with E-state index in [1.54, 1.807) is 24.0 Å². The lowest BCUT2D eigenvalue weighted by Gasteiger charge is -2.30. The van der Waals surface area contributed by atoms with E-state index < -0.39 is 24.2 Å². The average Bonchev–Trinajstić information content (AvgIpc) is 2.70. The van der Waals surface area contributed by atoms with Gasteiger partial charge in [-0.05, 0) is 24.6 Å². The number of ether oxygens (including phenoxy) is 2. The van der Waals surface area contributed by atoms with Crippen molar-refractivity contribution in [2.45, 2.75) is 13.0 Å². The van der Waals surface area contributed by atoms with E-state index in [0.717, 1.165) is 10.9 Å². The normalized spacial score (nSPS) is 15.3. The van der Waals surface area contributed by atoms with Crippen molar-refractivity contribution in [2.75, 3.05) is 39.5 Å². The summed E-state index contributed by atoms with van der Waals surface area (Å²) in [5.74, 6) is -0.565. The first-order valence-corrected chi connectivity index (χ1v) is 8.92. The number of aryl methyl sites for hydroxylation is 1. The van der Waals surface area contributed by atoms with Crippen LogP contribution in [0, 0.1) is 6.92 Å². The van der Waals surface area contributed by atoms with Gasteiger partial charge in [0, 0.05) is 30.6 Å². The molecule has 0 saturated carbocycles. The van der Waals surface area contributed by atoms with Crippen LogP contribution < -0.4 is 15.7 Å². The predicted molar refractivity (Wildman–Crippen MR) is 99.1 cm³/mol. The number of aliphatic hydroxyl groups is 1. The van der Waals surface area contributed by atoms with Crippen molar-refractivity contribution in [1.29, 1.82) is 0 Å². The van der Waals surface area contributed by atoms with Gasteiger partial charge in [0.15, 0.2) is 6.61 Å². The van der Waals surface area contributed by atoms with E-state index in [1.165, 1.54) is 12.1 Å². The Balaban J connectivity index is 1.59. The molecule has 0 aliphatic carbocycles. The number of carbonyl (C=O) groups excluding carboxylic acids is 2. The van der Waals surface area contributed by atoms with E-state index in [0.29, 0.717) is 37.6 Å². The molecule has 0 radical (unpaired) electrons. The monoisotopic (exact) mass is 390 g/mol. The van der Waals surface area contributed by atoms with Crippen LogP contribution in [0.15, 0.2) is 33.5 Å². The highest BCUT2D eigenvalue weighted by Crippen LogP contribution is 2.22. The second kappa shape index (κ2) is 8.85. The Kier molecular flexibility index (Phi) is 6.27. The number of morpholine rings is 1. The Hall–Kier alpha value is -2.91. The Bertz CT molecular complexity index is 918. The Morgan fingerprint density at radius 3 is 2.75 bits per heavy atom. The molecule has 9 heteroatoms. The van der Waals surface area contributed by atoms with Gasteiger partial charge in [-0.25, -0.2) is 4.79 Å². The highest BCUT2D eigenvalue weighted by Gasteiger charge is 2.26. The molecule has 2 N–H and O–H groups in total. The first-order chi connectivity index (χ1) is 13.5. The molecule has 28 heavy (non-hydrogen) atoms. The lowest BCUT2D eigenvalue weighted by molar-refractivity contribution is -0.141. The van der Waals surface area contributed by atoms with Gasteiger partial charge in [-0.3, -0.25) is 9.59 Å². The summed E-state index contributed by atoms with van der Waals surface area (Å²) in [5.41, 5.74) is 0.675. The first kappa shape index (κ1) is 19.8. The van der Waals surface area contributed by atoms with E-state index in [1.807, 2.05) is 0 Å². The summed E-state index contributed by atoms with van der Waals surface area (Å²) in [6.45, 7) is 2.63. The maximum atomic E-state index is 12.4. The van der Waals surface area contributed by atoms with Crippen LogP contribution in [0.25, 0.3) is 11.0 Å². The Labute approximate surface area is 160 Å².